The van der Waals surface area contributed by atoms with Crippen LogP contribution in [0.3, 0.4) is 0 Å². The summed E-state index contributed by atoms with van der Waals surface area (Å²) < 4.78 is 36.7. The molecule has 1 atom stereocenters. The predicted octanol–water partition coefficient (Wildman–Crippen LogP) is 5.08. The van der Waals surface area contributed by atoms with Crippen molar-refractivity contribution >= 4 is 23.1 Å². The number of rotatable bonds is 6. The molecule has 0 saturated heterocycles. The van der Waals surface area contributed by atoms with Crippen LogP contribution in [0.4, 0.5) is 13.2 Å². The van der Waals surface area contributed by atoms with Crippen LogP contribution in [0.5, 0.6) is 0 Å². The number of thioether (sulfide) groups is 1. The van der Waals surface area contributed by atoms with Crippen molar-refractivity contribution in [2.75, 3.05) is 0 Å². The molecule has 0 radical (unpaired) electrons. The van der Waals surface area contributed by atoms with Crippen molar-refractivity contribution < 1.29 is 13.2 Å². The minimum atomic E-state index is -4.23. The van der Waals surface area contributed by atoms with E-state index >= 15 is 0 Å². The van der Waals surface area contributed by atoms with Crippen molar-refractivity contribution in [3.63, 3.8) is 0 Å². The topological polar surface area (TPSA) is 12.0 Å². The Bertz CT molecular complexity index is 535. The zero-order valence-corrected chi connectivity index (χ0v) is 13.1. The Hall–Kier alpha value is -0.980. The quantitative estimate of drug-likeness (QED) is 0.741. The van der Waals surface area contributed by atoms with Gasteiger partial charge in [0.1, 0.15) is 0 Å². The smallest absolute Gasteiger partial charge is 0.310 e. The summed E-state index contributed by atoms with van der Waals surface area (Å²) in [5, 5.41) is 7.56. The third-order valence-electron chi connectivity index (χ3n) is 2.93. The number of hydrogen-bond donors (Lipinski definition) is 1. The Morgan fingerprint density at radius 3 is 2.43 bits per heavy atom. The van der Waals surface area contributed by atoms with Gasteiger partial charge < -0.3 is 5.32 Å². The molecule has 1 aromatic carbocycles. The van der Waals surface area contributed by atoms with E-state index < -0.39 is 5.51 Å². The van der Waals surface area contributed by atoms with Crippen LogP contribution in [0.25, 0.3) is 0 Å². The highest BCUT2D eigenvalue weighted by molar-refractivity contribution is 8.00. The molecule has 0 aliphatic rings. The normalized spacial score (nSPS) is 13.3. The molecule has 0 spiro atoms. The molecule has 0 aliphatic heterocycles. The highest BCUT2D eigenvalue weighted by atomic mass is 32.2. The molecule has 21 heavy (non-hydrogen) atoms. The summed E-state index contributed by atoms with van der Waals surface area (Å²) >= 11 is 1.60. The van der Waals surface area contributed by atoms with Crippen LogP contribution in [-0.2, 0) is 13.0 Å². The Kier molecular flexibility index (Phi) is 5.72. The minimum Gasteiger partial charge on any atom is -0.310 e. The summed E-state index contributed by atoms with van der Waals surface area (Å²) in [5.74, 6) is 0. The van der Waals surface area contributed by atoms with E-state index in [1.54, 1.807) is 23.5 Å². The molecule has 1 nitrogen and oxygen atoms in total. The monoisotopic (exact) mass is 331 g/mol. The Balaban J connectivity index is 1.80. The van der Waals surface area contributed by atoms with Crippen LogP contribution < -0.4 is 5.32 Å². The summed E-state index contributed by atoms with van der Waals surface area (Å²) in [5.41, 5.74) is -1.94. The molecular formula is C15H16F3NS2. The molecule has 1 unspecified atom stereocenters. The van der Waals surface area contributed by atoms with Gasteiger partial charge in [-0.1, -0.05) is 12.1 Å². The van der Waals surface area contributed by atoms with E-state index in [1.165, 1.54) is 17.7 Å². The standard InChI is InChI=1S/C15H16F3NS2/c1-11(8-13-6-7-20-10-13)19-9-12-2-4-14(5-3-12)21-15(16,17)18/h2-7,10-11,19H,8-9H2,1H3. The van der Waals surface area contributed by atoms with Crippen LogP contribution in [-0.4, -0.2) is 11.6 Å². The number of thiophene rings is 1. The number of alkyl halides is 3. The Morgan fingerprint density at radius 2 is 1.86 bits per heavy atom. The second kappa shape index (κ2) is 7.33. The number of halogens is 3. The van der Waals surface area contributed by atoms with Gasteiger partial charge in [0, 0.05) is 17.5 Å². The van der Waals surface area contributed by atoms with Gasteiger partial charge in [-0.25, -0.2) is 0 Å². The van der Waals surface area contributed by atoms with E-state index in [2.05, 4.69) is 29.1 Å². The van der Waals surface area contributed by atoms with Crippen LogP contribution in [0, 0.1) is 0 Å². The summed E-state index contributed by atoms with van der Waals surface area (Å²) in [4.78, 5) is 0.220. The molecule has 2 rings (SSSR count). The van der Waals surface area contributed by atoms with Gasteiger partial charge in [-0.05, 0) is 65.2 Å². The first-order valence-electron chi connectivity index (χ1n) is 6.51. The third kappa shape index (κ3) is 6.11. The zero-order chi connectivity index (χ0) is 15.3. The fraction of sp³-hybridized carbons (Fsp3) is 0.333. The van der Waals surface area contributed by atoms with Crippen molar-refractivity contribution in [3.05, 3.63) is 52.2 Å². The van der Waals surface area contributed by atoms with Crippen molar-refractivity contribution in [1.82, 2.24) is 5.32 Å². The number of benzene rings is 1. The molecule has 1 heterocycles. The number of nitrogens with one attached hydrogen (secondary N) is 1. The maximum Gasteiger partial charge on any atom is 0.446 e. The van der Waals surface area contributed by atoms with E-state index in [0.29, 0.717) is 12.6 Å². The van der Waals surface area contributed by atoms with Gasteiger partial charge in [0.2, 0.25) is 0 Å². The van der Waals surface area contributed by atoms with Gasteiger partial charge in [-0.3, -0.25) is 0 Å². The second-order valence-electron chi connectivity index (χ2n) is 4.81. The summed E-state index contributed by atoms with van der Waals surface area (Å²) in [6, 6.07) is 8.92. The SMILES string of the molecule is CC(Cc1ccsc1)NCc1ccc(SC(F)(F)F)cc1. The highest BCUT2D eigenvalue weighted by Crippen LogP contribution is 2.36. The zero-order valence-electron chi connectivity index (χ0n) is 11.5. The largest absolute Gasteiger partial charge is 0.446 e. The van der Waals surface area contributed by atoms with Crippen LogP contribution >= 0.6 is 23.1 Å². The number of hydrogen-bond acceptors (Lipinski definition) is 3. The predicted molar refractivity (Wildman–Crippen MR) is 82.7 cm³/mol. The molecule has 0 saturated carbocycles. The first-order chi connectivity index (χ1) is 9.92. The van der Waals surface area contributed by atoms with Gasteiger partial charge in [-0.2, -0.15) is 24.5 Å². The summed E-state index contributed by atoms with van der Waals surface area (Å²) in [7, 11) is 0. The van der Waals surface area contributed by atoms with Gasteiger partial charge in [0.05, 0.1) is 0 Å². The van der Waals surface area contributed by atoms with Gasteiger partial charge in [0.25, 0.3) is 0 Å². The Labute approximate surface area is 130 Å². The average molecular weight is 331 g/mol. The molecule has 0 amide bonds. The average Bonchev–Trinajstić information content (AvgIpc) is 2.89. The molecule has 0 fully saturated rings. The van der Waals surface area contributed by atoms with Crippen LogP contribution in [0.2, 0.25) is 0 Å². The maximum atomic E-state index is 12.2. The molecule has 114 valence electrons. The van der Waals surface area contributed by atoms with Crippen molar-refractivity contribution in [1.29, 1.82) is 0 Å². The highest BCUT2D eigenvalue weighted by Gasteiger charge is 2.28. The van der Waals surface area contributed by atoms with E-state index in [4.69, 9.17) is 0 Å². The van der Waals surface area contributed by atoms with Crippen LogP contribution in [0.1, 0.15) is 18.1 Å². The Morgan fingerprint density at radius 1 is 1.14 bits per heavy atom. The van der Waals surface area contributed by atoms with E-state index in [9.17, 15) is 13.2 Å². The molecule has 1 N–H and O–H groups in total. The van der Waals surface area contributed by atoms with Gasteiger partial charge >= 0.3 is 5.51 Å². The lowest BCUT2D eigenvalue weighted by atomic mass is 10.1. The van der Waals surface area contributed by atoms with Crippen molar-refractivity contribution in [3.8, 4) is 0 Å². The third-order valence-corrected chi connectivity index (χ3v) is 4.40. The molecular weight excluding hydrogens is 315 g/mol. The lowest BCUT2D eigenvalue weighted by Gasteiger charge is -2.13. The fourth-order valence-corrected chi connectivity index (χ4v) is 3.16. The first kappa shape index (κ1) is 16.4. The van der Waals surface area contributed by atoms with Crippen LogP contribution in [0.15, 0.2) is 46.0 Å². The van der Waals surface area contributed by atoms with Gasteiger partial charge in [0.15, 0.2) is 0 Å². The molecule has 0 bridgehead atoms. The molecule has 0 aliphatic carbocycles. The van der Waals surface area contributed by atoms with Crippen molar-refractivity contribution in [2.45, 2.75) is 36.3 Å². The summed E-state index contributed by atoms with van der Waals surface area (Å²) in [6.07, 6.45) is 0.950. The van der Waals surface area contributed by atoms with E-state index in [0.717, 1.165) is 12.0 Å². The fourth-order valence-electron chi connectivity index (χ4n) is 1.94. The lowest BCUT2D eigenvalue weighted by Crippen LogP contribution is -2.27. The first-order valence-corrected chi connectivity index (χ1v) is 8.27. The maximum absolute atomic E-state index is 12.2. The molecule has 1 aromatic heterocycles. The van der Waals surface area contributed by atoms with E-state index in [1.807, 2.05) is 0 Å². The molecule has 6 heteroatoms. The van der Waals surface area contributed by atoms with E-state index in [-0.39, 0.29) is 16.7 Å². The molecule has 2 aromatic rings. The van der Waals surface area contributed by atoms with Crippen molar-refractivity contribution in [2.24, 2.45) is 0 Å². The minimum absolute atomic E-state index is 0.0826. The second-order valence-corrected chi connectivity index (χ2v) is 6.73. The van der Waals surface area contributed by atoms with Gasteiger partial charge in [-0.15, -0.1) is 0 Å². The summed E-state index contributed by atoms with van der Waals surface area (Å²) in [6.45, 7) is 2.76. The lowest BCUT2D eigenvalue weighted by molar-refractivity contribution is -0.0328.